The second kappa shape index (κ2) is 6.93. The number of unbranched alkanes of at least 4 members (excludes halogenated alkanes) is 3. The van der Waals surface area contributed by atoms with E-state index in [9.17, 15) is 4.79 Å². The molecule has 1 N–H and O–H groups in total. The summed E-state index contributed by atoms with van der Waals surface area (Å²) in [6.45, 7) is 2.90. The van der Waals surface area contributed by atoms with E-state index in [2.05, 4.69) is 17.3 Å². The summed E-state index contributed by atoms with van der Waals surface area (Å²) < 4.78 is 3.62. The minimum absolute atomic E-state index is 0.0571. The van der Waals surface area contributed by atoms with Crippen molar-refractivity contribution in [2.45, 2.75) is 32.6 Å². The van der Waals surface area contributed by atoms with Crippen LogP contribution in [-0.2, 0) is 7.05 Å². The molecule has 2 heterocycles. The highest BCUT2D eigenvalue weighted by atomic mass is 16.1. The number of aromatic nitrogens is 3. The number of hydrogen-bond donors (Lipinski definition) is 1. The maximum Gasteiger partial charge on any atom is 0.256 e. The molecule has 0 aliphatic heterocycles. The molecule has 0 fully saturated rings. The lowest BCUT2D eigenvalue weighted by molar-refractivity contribution is 0.0953. The van der Waals surface area contributed by atoms with Crippen molar-refractivity contribution in [2.24, 2.45) is 7.05 Å². The summed E-state index contributed by atoms with van der Waals surface area (Å²) in [5, 5.41) is 7.15. The monoisotopic (exact) mass is 274 g/mol. The summed E-state index contributed by atoms with van der Waals surface area (Å²) in [5.74, 6) is 0.736. The molecule has 0 unspecified atom stereocenters. The summed E-state index contributed by atoms with van der Waals surface area (Å²) in [6, 6.07) is 3.86. The highest BCUT2D eigenvalue weighted by Gasteiger charge is 2.16. The van der Waals surface area contributed by atoms with E-state index in [4.69, 9.17) is 0 Å². The van der Waals surface area contributed by atoms with Gasteiger partial charge in [-0.15, -0.1) is 0 Å². The first-order valence-electron chi connectivity index (χ1n) is 7.17. The summed E-state index contributed by atoms with van der Waals surface area (Å²) in [7, 11) is 1.84. The molecule has 0 aliphatic rings. The van der Waals surface area contributed by atoms with Crippen LogP contribution in [0.25, 0.3) is 5.82 Å². The number of nitrogens with zero attached hydrogens (tertiary/aromatic N) is 3. The molecule has 0 radical (unpaired) electrons. The van der Waals surface area contributed by atoms with Crippen molar-refractivity contribution in [3.05, 3.63) is 36.3 Å². The number of rotatable bonds is 7. The van der Waals surface area contributed by atoms with Gasteiger partial charge in [-0.2, -0.15) is 5.10 Å². The van der Waals surface area contributed by atoms with Crippen LogP contribution in [0.3, 0.4) is 0 Å². The van der Waals surface area contributed by atoms with Crippen LogP contribution in [0, 0.1) is 0 Å². The van der Waals surface area contributed by atoms with Crippen molar-refractivity contribution < 1.29 is 4.79 Å². The highest BCUT2D eigenvalue weighted by Crippen LogP contribution is 2.13. The average molecular weight is 274 g/mol. The van der Waals surface area contributed by atoms with Gasteiger partial charge in [-0.1, -0.05) is 26.2 Å². The van der Waals surface area contributed by atoms with Gasteiger partial charge in [0.25, 0.3) is 5.91 Å². The molecule has 0 saturated carbocycles. The molecule has 1 amide bonds. The molecule has 2 aromatic rings. The van der Waals surface area contributed by atoms with Crippen LogP contribution in [0.1, 0.15) is 43.0 Å². The lowest BCUT2D eigenvalue weighted by atomic mass is 10.2. The Morgan fingerprint density at radius 3 is 2.70 bits per heavy atom. The molecule has 0 atom stereocenters. The Balaban J connectivity index is 2.00. The fourth-order valence-electron chi connectivity index (χ4n) is 2.22. The molecule has 20 heavy (non-hydrogen) atoms. The number of carbonyl (C=O) groups excluding carboxylic acids is 1. The zero-order valence-corrected chi connectivity index (χ0v) is 12.2. The topological polar surface area (TPSA) is 51.9 Å². The molecule has 5 nitrogen and oxygen atoms in total. The van der Waals surface area contributed by atoms with E-state index >= 15 is 0 Å². The Kier molecular flexibility index (Phi) is 4.98. The van der Waals surface area contributed by atoms with E-state index in [0.29, 0.717) is 5.56 Å². The van der Waals surface area contributed by atoms with Gasteiger partial charge < -0.3 is 9.88 Å². The van der Waals surface area contributed by atoms with Crippen LogP contribution in [0.2, 0.25) is 0 Å². The molecule has 0 aliphatic carbocycles. The Morgan fingerprint density at radius 2 is 2.00 bits per heavy atom. The minimum Gasteiger partial charge on any atom is -0.352 e. The van der Waals surface area contributed by atoms with E-state index in [1.54, 1.807) is 10.9 Å². The second-order valence-corrected chi connectivity index (χ2v) is 4.91. The summed E-state index contributed by atoms with van der Waals surface area (Å²) >= 11 is 0. The first-order chi connectivity index (χ1) is 9.74. The third-order valence-electron chi connectivity index (χ3n) is 3.32. The van der Waals surface area contributed by atoms with E-state index < -0.39 is 0 Å². The number of aryl methyl sites for hydroxylation is 1. The van der Waals surface area contributed by atoms with Crippen LogP contribution in [0.15, 0.2) is 30.7 Å². The van der Waals surface area contributed by atoms with Crippen LogP contribution in [0.5, 0.6) is 0 Å². The van der Waals surface area contributed by atoms with Crippen LogP contribution < -0.4 is 5.32 Å². The lowest BCUT2D eigenvalue weighted by Gasteiger charge is -2.08. The van der Waals surface area contributed by atoms with Crippen molar-refractivity contribution in [1.82, 2.24) is 19.7 Å². The lowest BCUT2D eigenvalue weighted by Crippen LogP contribution is -2.25. The third kappa shape index (κ3) is 3.29. The Morgan fingerprint density at radius 1 is 1.25 bits per heavy atom. The summed E-state index contributed by atoms with van der Waals surface area (Å²) in [6.07, 6.45) is 10.1. The van der Waals surface area contributed by atoms with Crippen LogP contribution >= 0.6 is 0 Å². The zero-order chi connectivity index (χ0) is 14.4. The average Bonchev–Trinajstić information content (AvgIpc) is 3.07. The first kappa shape index (κ1) is 14.4. The van der Waals surface area contributed by atoms with Gasteiger partial charge in [0.1, 0.15) is 11.4 Å². The SMILES string of the molecule is CCCCCCNC(=O)c1cnn(C)c1-n1cccc1. The van der Waals surface area contributed by atoms with E-state index in [0.717, 1.165) is 25.2 Å². The molecular formula is C15H22N4O. The van der Waals surface area contributed by atoms with E-state index in [1.807, 2.05) is 36.1 Å². The fraction of sp³-hybridized carbons (Fsp3) is 0.467. The van der Waals surface area contributed by atoms with Gasteiger partial charge in [0.05, 0.1) is 6.20 Å². The number of amides is 1. The number of nitrogens with one attached hydrogen (secondary N) is 1. The van der Waals surface area contributed by atoms with Gasteiger partial charge in [0.15, 0.2) is 0 Å². The van der Waals surface area contributed by atoms with Gasteiger partial charge in [0, 0.05) is 26.0 Å². The molecule has 108 valence electrons. The van der Waals surface area contributed by atoms with Crippen molar-refractivity contribution in [3.8, 4) is 5.82 Å². The van der Waals surface area contributed by atoms with Gasteiger partial charge in [0.2, 0.25) is 0 Å². The first-order valence-corrected chi connectivity index (χ1v) is 7.17. The van der Waals surface area contributed by atoms with Crippen molar-refractivity contribution >= 4 is 5.91 Å². The van der Waals surface area contributed by atoms with Gasteiger partial charge >= 0.3 is 0 Å². The normalized spacial score (nSPS) is 10.7. The molecular weight excluding hydrogens is 252 g/mol. The van der Waals surface area contributed by atoms with Crippen LogP contribution in [-0.4, -0.2) is 26.8 Å². The van der Waals surface area contributed by atoms with Crippen molar-refractivity contribution in [3.63, 3.8) is 0 Å². The van der Waals surface area contributed by atoms with Gasteiger partial charge in [-0.25, -0.2) is 0 Å². The molecule has 0 saturated heterocycles. The minimum atomic E-state index is -0.0571. The van der Waals surface area contributed by atoms with Gasteiger partial charge in [-0.05, 0) is 18.6 Å². The molecule has 5 heteroatoms. The molecule has 0 aromatic carbocycles. The summed E-state index contributed by atoms with van der Waals surface area (Å²) in [5.41, 5.74) is 0.610. The fourth-order valence-corrected chi connectivity index (χ4v) is 2.22. The third-order valence-corrected chi connectivity index (χ3v) is 3.32. The Bertz CT molecular complexity index is 542. The van der Waals surface area contributed by atoms with Crippen LogP contribution in [0.4, 0.5) is 0 Å². The maximum absolute atomic E-state index is 12.2. The summed E-state index contributed by atoms with van der Waals surface area (Å²) in [4.78, 5) is 12.2. The smallest absolute Gasteiger partial charge is 0.256 e. The standard InChI is InChI=1S/C15H22N4O/c1-3-4-5-6-9-16-14(20)13-12-17-18(2)15(13)19-10-7-8-11-19/h7-8,10-12H,3-6,9H2,1-2H3,(H,16,20). The second-order valence-electron chi connectivity index (χ2n) is 4.91. The maximum atomic E-state index is 12.2. The molecule has 2 rings (SSSR count). The zero-order valence-electron chi connectivity index (χ0n) is 12.2. The van der Waals surface area contributed by atoms with Crippen molar-refractivity contribution in [2.75, 3.05) is 6.54 Å². The Hall–Kier alpha value is -2.04. The largest absolute Gasteiger partial charge is 0.352 e. The predicted molar refractivity (Wildman–Crippen MR) is 79.0 cm³/mol. The predicted octanol–water partition coefficient (Wildman–Crippen LogP) is 2.52. The Labute approximate surface area is 119 Å². The van der Waals surface area contributed by atoms with Crippen molar-refractivity contribution in [1.29, 1.82) is 0 Å². The van der Waals surface area contributed by atoms with Gasteiger partial charge in [-0.3, -0.25) is 9.48 Å². The highest BCUT2D eigenvalue weighted by molar-refractivity contribution is 5.97. The quantitative estimate of drug-likeness (QED) is 0.789. The van der Waals surface area contributed by atoms with E-state index in [1.165, 1.54) is 12.8 Å². The van der Waals surface area contributed by atoms with E-state index in [-0.39, 0.29) is 5.91 Å². The number of hydrogen-bond acceptors (Lipinski definition) is 2. The number of carbonyl (C=O) groups is 1. The molecule has 2 aromatic heterocycles. The molecule has 0 spiro atoms. The molecule has 0 bridgehead atoms.